The first-order chi connectivity index (χ1) is 16.9. The molecule has 5 heteroatoms. The van der Waals surface area contributed by atoms with Gasteiger partial charge >= 0.3 is 0 Å². The molecule has 1 aliphatic rings. The molecule has 0 N–H and O–H groups in total. The molecule has 1 atom stereocenters. The third kappa shape index (κ3) is 4.12. The molecule has 2 heterocycles. The molecule has 0 spiro atoms. The Morgan fingerprint density at radius 3 is 2.46 bits per heavy atom. The van der Waals surface area contributed by atoms with Crippen LogP contribution in [0.3, 0.4) is 0 Å². The van der Waals surface area contributed by atoms with Crippen molar-refractivity contribution in [3.8, 4) is 5.75 Å². The van der Waals surface area contributed by atoms with Crippen molar-refractivity contribution in [3.63, 3.8) is 0 Å². The summed E-state index contributed by atoms with van der Waals surface area (Å²) in [6.45, 7) is 8.91. The fraction of sp³-hybridized carbons (Fsp3) is 0.267. The Balaban J connectivity index is 1.71. The SMILES string of the molecule is CCCOc1cccc(C2c3c(oc4cc(C)cc(C)c4c3=O)C(=O)N2Cc2ccc(C)cc2)c1. The van der Waals surface area contributed by atoms with Gasteiger partial charge in [-0.3, -0.25) is 9.59 Å². The molecule has 0 radical (unpaired) electrons. The normalized spacial score (nSPS) is 15.0. The van der Waals surface area contributed by atoms with Crippen molar-refractivity contribution in [2.45, 2.75) is 46.7 Å². The zero-order chi connectivity index (χ0) is 24.7. The average Bonchev–Trinajstić information content (AvgIpc) is 3.10. The molecule has 1 aliphatic heterocycles. The fourth-order valence-corrected chi connectivity index (χ4v) is 4.91. The van der Waals surface area contributed by atoms with E-state index in [2.05, 4.69) is 6.92 Å². The highest BCUT2D eigenvalue weighted by molar-refractivity contribution is 5.99. The molecule has 1 aromatic heterocycles. The van der Waals surface area contributed by atoms with Gasteiger partial charge in [0.25, 0.3) is 5.91 Å². The lowest BCUT2D eigenvalue weighted by Gasteiger charge is -2.25. The first kappa shape index (κ1) is 22.9. The van der Waals surface area contributed by atoms with Crippen LogP contribution < -0.4 is 10.2 Å². The zero-order valence-electron chi connectivity index (χ0n) is 20.6. The van der Waals surface area contributed by atoms with Crippen LogP contribution in [0.1, 0.15) is 63.3 Å². The molecule has 4 aromatic rings. The van der Waals surface area contributed by atoms with Crippen LogP contribution in [0.15, 0.2) is 69.9 Å². The van der Waals surface area contributed by atoms with Gasteiger partial charge in [0.2, 0.25) is 5.76 Å². The second-order valence-corrected chi connectivity index (χ2v) is 9.37. The van der Waals surface area contributed by atoms with Gasteiger partial charge < -0.3 is 14.1 Å². The number of nitrogens with zero attached hydrogens (tertiary/aromatic N) is 1. The number of benzene rings is 3. The molecule has 0 aliphatic carbocycles. The maximum absolute atomic E-state index is 13.9. The third-order valence-electron chi connectivity index (χ3n) is 6.53. The molecular weight excluding hydrogens is 438 g/mol. The monoisotopic (exact) mass is 467 g/mol. The van der Waals surface area contributed by atoms with Crippen molar-refractivity contribution < 1.29 is 13.9 Å². The summed E-state index contributed by atoms with van der Waals surface area (Å²) in [6.07, 6.45) is 0.892. The number of rotatable bonds is 6. The van der Waals surface area contributed by atoms with E-state index < -0.39 is 6.04 Å². The van der Waals surface area contributed by atoms with Gasteiger partial charge in [-0.1, -0.05) is 55.0 Å². The number of hydrogen-bond donors (Lipinski definition) is 0. The van der Waals surface area contributed by atoms with E-state index in [0.717, 1.165) is 40.0 Å². The lowest BCUT2D eigenvalue weighted by atomic mass is 9.96. The summed E-state index contributed by atoms with van der Waals surface area (Å²) in [4.78, 5) is 29.4. The topological polar surface area (TPSA) is 59.8 Å². The Hall–Kier alpha value is -3.86. The van der Waals surface area contributed by atoms with E-state index in [9.17, 15) is 9.59 Å². The molecule has 0 fully saturated rings. The highest BCUT2D eigenvalue weighted by atomic mass is 16.5. The summed E-state index contributed by atoms with van der Waals surface area (Å²) in [5.41, 5.74) is 5.50. The maximum Gasteiger partial charge on any atom is 0.291 e. The highest BCUT2D eigenvalue weighted by Crippen LogP contribution is 2.40. The largest absolute Gasteiger partial charge is 0.494 e. The van der Waals surface area contributed by atoms with Crippen LogP contribution in [0.5, 0.6) is 5.75 Å². The average molecular weight is 468 g/mol. The maximum atomic E-state index is 13.9. The fourth-order valence-electron chi connectivity index (χ4n) is 4.91. The molecule has 0 bridgehead atoms. The summed E-state index contributed by atoms with van der Waals surface area (Å²) in [5, 5.41) is 0.530. The van der Waals surface area contributed by atoms with Gasteiger partial charge in [0, 0.05) is 6.54 Å². The van der Waals surface area contributed by atoms with Crippen LogP contribution in [0.25, 0.3) is 11.0 Å². The minimum Gasteiger partial charge on any atom is -0.494 e. The minimum atomic E-state index is -0.565. The molecule has 5 rings (SSSR count). The van der Waals surface area contributed by atoms with E-state index in [0.29, 0.717) is 29.7 Å². The van der Waals surface area contributed by atoms with Gasteiger partial charge in [-0.2, -0.15) is 0 Å². The van der Waals surface area contributed by atoms with Crippen LogP contribution in [0, 0.1) is 20.8 Å². The highest BCUT2D eigenvalue weighted by Gasteiger charge is 2.43. The molecular formula is C30H29NO4. The predicted molar refractivity (Wildman–Crippen MR) is 137 cm³/mol. The molecule has 0 saturated heterocycles. The molecule has 5 nitrogen and oxygen atoms in total. The van der Waals surface area contributed by atoms with Gasteiger partial charge in [-0.25, -0.2) is 0 Å². The van der Waals surface area contributed by atoms with Crippen molar-refractivity contribution >= 4 is 16.9 Å². The first-order valence-corrected chi connectivity index (χ1v) is 12.0. The summed E-state index contributed by atoms with van der Waals surface area (Å²) in [5.74, 6) is 0.575. The molecule has 35 heavy (non-hydrogen) atoms. The Morgan fingerprint density at radius 2 is 1.71 bits per heavy atom. The second kappa shape index (κ2) is 9.06. The van der Waals surface area contributed by atoms with Crippen LogP contribution in [-0.4, -0.2) is 17.4 Å². The molecule has 1 amide bonds. The van der Waals surface area contributed by atoms with Gasteiger partial charge in [0.15, 0.2) is 5.43 Å². The lowest BCUT2D eigenvalue weighted by Crippen LogP contribution is -2.29. The van der Waals surface area contributed by atoms with E-state index in [1.54, 1.807) is 4.90 Å². The van der Waals surface area contributed by atoms with Crippen molar-refractivity contribution in [2.75, 3.05) is 6.61 Å². The van der Waals surface area contributed by atoms with Crippen LogP contribution in [-0.2, 0) is 6.54 Å². The third-order valence-corrected chi connectivity index (χ3v) is 6.53. The van der Waals surface area contributed by atoms with Crippen molar-refractivity contribution in [2.24, 2.45) is 0 Å². The van der Waals surface area contributed by atoms with Crippen LogP contribution in [0.2, 0.25) is 0 Å². The number of aryl methyl sites for hydroxylation is 3. The number of fused-ring (bicyclic) bond motifs is 2. The number of hydrogen-bond acceptors (Lipinski definition) is 4. The van der Waals surface area contributed by atoms with E-state index in [1.165, 1.54) is 0 Å². The molecule has 0 saturated carbocycles. The second-order valence-electron chi connectivity index (χ2n) is 9.37. The summed E-state index contributed by atoms with van der Waals surface area (Å²) >= 11 is 0. The summed E-state index contributed by atoms with van der Waals surface area (Å²) in [7, 11) is 0. The number of carbonyl (C=O) groups excluding carboxylic acids is 1. The Kier molecular flexibility index (Phi) is 5.93. The Bertz CT molecular complexity index is 1480. The van der Waals surface area contributed by atoms with Crippen molar-refractivity contribution in [3.05, 3.63) is 110 Å². The molecule has 3 aromatic carbocycles. The Labute approximate surface area is 205 Å². The van der Waals surface area contributed by atoms with Crippen molar-refractivity contribution in [1.29, 1.82) is 0 Å². The van der Waals surface area contributed by atoms with E-state index in [-0.39, 0.29) is 17.1 Å². The zero-order valence-corrected chi connectivity index (χ0v) is 20.6. The van der Waals surface area contributed by atoms with E-state index in [1.807, 2.05) is 81.4 Å². The van der Waals surface area contributed by atoms with Crippen LogP contribution in [0.4, 0.5) is 0 Å². The molecule has 1 unspecified atom stereocenters. The number of amides is 1. The first-order valence-electron chi connectivity index (χ1n) is 12.0. The lowest BCUT2D eigenvalue weighted by molar-refractivity contribution is 0.0714. The standard InChI is InChI=1S/C30H29NO4/c1-5-13-34-23-8-6-7-22(16-23)27-26-28(32)25-20(4)14-19(3)15-24(25)35-29(26)30(33)31(27)17-21-11-9-18(2)10-12-21/h6-12,14-16,27H,5,13,17H2,1-4H3. The van der Waals surface area contributed by atoms with Gasteiger partial charge in [0.1, 0.15) is 11.3 Å². The van der Waals surface area contributed by atoms with Gasteiger partial charge in [-0.15, -0.1) is 0 Å². The minimum absolute atomic E-state index is 0.129. The van der Waals surface area contributed by atoms with E-state index >= 15 is 0 Å². The smallest absolute Gasteiger partial charge is 0.291 e. The van der Waals surface area contributed by atoms with Gasteiger partial charge in [-0.05, 0) is 67.6 Å². The Morgan fingerprint density at radius 1 is 0.943 bits per heavy atom. The van der Waals surface area contributed by atoms with Gasteiger partial charge in [0.05, 0.1) is 23.6 Å². The predicted octanol–water partition coefficient (Wildman–Crippen LogP) is 6.25. The number of carbonyl (C=O) groups is 1. The van der Waals surface area contributed by atoms with E-state index in [4.69, 9.17) is 9.15 Å². The van der Waals surface area contributed by atoms with Crippen LogP contribution >= 0.6 is 0 Å². The molecule has 178 valence electrons. The number of ether oxygens (including phenoxy) is 1. The summed E-state index contributed by atoms with van der Waals surface area (Å²) in [6, 6.07) is 19.0. The summed E-state index contributed by atoms with van der Waals surface area (Å²) < 4.78 is 12.0. The quantitative estimate of drug-likeness (QED) is 0.336. The van der Waals surface area contributed by atoms with Crippen molar-refractivity contribution in [1.82, 2.24) is 4.90 Å².